The highest BCUT2D eigenvalue weighted by molar-refractivity contribution is 5.90. The van der Waals surface area contributed by atoms with Crippen molar-refractivity contribution in [1.82, 2.24) is 0 Å². The Kier molecular flexibility index (Phi) is 9.11. The van der Waals surface area contributed by atoms with Crippen LogP contribution in [0.2, 0.25) is 0 Å². The van der Waals surface area contributed by atoms with Crippen molar-refractivity contribution in [2.75, 3.05) is 7.11 Å². The maximum atomic E-state index is 14.3. The van der Waals surface area contributed by atoms with Crippen LogP contribution >= 0.6 is 0 Å². The molecule has 53 heavy (non-hydrogen) atoms. The summed E-state index contributed by atoms with van der Waals surface area (Å²) in [6, 6.07) is 10.9. The summed E-state index contributed by atoms with van der Waals surface area (Å²) in [5, 5.41) is 31.7. The van der Waals surface area contributed by atoms with E-state index in [2.05, 4.69) is 55.0 Å². The molecule has 5 fully saturated rings. The van der Waals surface area contributed by atoms with Gasteiger partial charge in [-0.2, -0.15) is 0 Å². The van der Waals surface area contributed by atoms with E-state index in [0.29, 0.717) is 29.9 Å². The lowest BCUT2D eigenvalue weighted by Crippen LogP contribution is -2.73. The van der Waals surface area contributed by atoms with E-state index in [1.165, 1.54) is 30.9 Å². The zero-order valence-electron chi connectivity index (χ0n) is 32.9. The van der Waals surface area contributed by atoms with Crippen LogP contribution in [-0.4, -0.2) is 52.7 Å². The van der Waals surface area contributed by atoms with Gasteiger partial charge in [-0.25, -0.2) is 9.59 Å². The Morgan fingerprint density at radius 3 is 2.17 bits per heavy atom. The largest absolute Gasteiger partial charge is 0.508 e. The van der Waals surface area contributed by atoms with Gasteiger partial charge in [-0.1, -0.05) is 53.7 Å². The molecule has 0 saturated heterocycles. The predicted molar refractivity (Wildman–Crippen MR) is 203 cm³/mol. The first-order chi connectivity index (χ1) is 24.8. The molecule has 0 radical (unpaired) electrons. The van der Waals surface area contributed by atoms with E-state index in [1.807, 2.05) is 0 Å². The molecule has 0 spiro atoms. The fourth-order valence-electron chi connectivity index (χ4n) is 13.7. The highest BCUT2D eigenvalue weighted by Gasteiger charge is 2.76. The van der Waals surface area contributed by atoms with Gasteiger partial charge >= 0.3 is 11.9 Å². The smallest absolute Gasteiger partial charge is 0.338 e. The topological polar surface area (TPSA) is 123 Å². The normalized spacial score (nSPS) is 41.2. The van der Waals surface area contributed by atoms with Crippen LogP contribution in [-0.2, 0) is 9.47 Å². The molecule has 8 nitrogen and oxygen atoms in total. The van der Waals surface area contributed by atoms with Gasteiger partial charge in [0.2, 0.25) is 0 Å². The van der Waals surface area contributed by atoms with Gasteiger partial charge < -0.3 is 29.5 Å². The van der Waals surface area contributed by atoms with Crippen LogP contribution in [0.15, 0.2) is 54.6 Å². The molecule has 2 aromatic carbocycles. The van der Waals surface area contributed by atoms with Crippen LogP contribution in [0, 0.1) is 56.7 Å². The maximum absolute atomic E-state index is 14.3. The van der Waals surface area contributed by atoms with Crippen molar-refractivity contribution in [2.45, 2.75) is 118 Å². The third kappa shape index (κ3) is 5.54. The second kappa shape index (κ2) is 12.8. The van der Waals surface area contributed by atoms with Crippen LogP contribution in [0.4, 0.5) is 0 Å². The molecule has 2 aromatic rings. The predicted octanol–water partition coefficient (Wildman–Crippen LogP) is 9.12. The molecule has 5 saturated carbocycles. The Bertz CT molecular complexity index is 1780. The summed E-state index contributed by atoms with van der Waals surface area (Å²) in [6.45, 7) is 20.6. The Morgan fingerprint density at radius 1 is 0.849 bits per heavy atom. The third-order valence-electron chi connectivity index (χ3n) is 16.4. The first-order valence-electron chi connectivity index (χ1n) is 19.7. The lowest BCUT2D eigenvalue weighted by molar-refractivity contribution is -0.298. The molecular formula is C45H60O8. The Labute approximate surface area is 315 Å². The summed E-state index contributed by atoms with van der Waals surface area (Å²) in [5.41, 5.74) is 0.278. The molecule has 7 rings (SSSR count). The molecule has 288 valence electrons. The Balaban J connectivity index is 1.39. The number of carbonyl (C=O) groups is 2. The number of allylic oxidation sites excluding steroid dienone is 1. The van der Waals surface area contributed by atoms with Crippen molar-refractivity contribution in [2.24, 2.45) is 56.7 Å². The SMILES string of the molecule is C=C(C)[C@@H]1CC[C@]2(C)C[C@@H](OC(=O)c3ccc(O)cc3)[C@]3(C)C(C[C@@H](OC(=O)c4ccc(O)c(OC)c4)C4[C@@]5(C)CC[C@H](O)C(C)(C)C5CC[C@]43C)C12. The number of esters is 2. The molecule has 0 bridgehead atoms. The number of carbonyl (C=O) groups excluding carboxylic acids is 2. The van der Waals surface area contributed by atoms with Crippen molar-refractivity contribution in [3.8, 4) is 17.2 Å². The number of rotatable bonds is 6. The first kappa shape index (κ1) is 37.8. The van der Waals surface area contributed by atoms with Gasteiger partial charge in [-0.15, -0.1) is 0 Å². The molecule has 0 amide bonds. The fraction of sp³-hybridized carbons (Fsp3) is 0.644. The number of phenols is 2. The van der Waals surface area contributed by atoms with Gasteiger partial charge in [0.25, 0.3) is 0 Å². The number of methoxy groups -OCH3 is 1. The van der Waals surface area contributed by atoms with E-state index < -0.39 is 35.1 Å². The van der Waals surface area contributed by atoms with Gasteiger partial charge in [0.15, 0.2) is 11.5 Å². The van der Waals surface area contributed by atoms with Crippen molar-refractivity contribution in [1.29, 1.82) is 0 Å². The molecule has 12 atom stereocenters. The number of ether oxygens (including phenoxy) is 3. The fourth-order valence-corrected chi connectivity index (χ4v) is 13.7. The van der Waals surface area contributed by atoms with Crippen LogP contribution in [0.25, 0.3) is 0 Å². The average molecular weight is 729 g/mol. The quantitative estimate of drug-likeness (QED) is 0.199. The number of phenolic OH excluding ortho intramolecular Hbond substituents is 2. The summed E-state index contributed by atoms with van der Waals surface area (Å²) >= 11 is 0. The van der Waals surface area contributed by atoms with Crippen LogP contribution in [0.3, 0.4) is 0 Å². The molecular weight excluding hydrogens is 668 g/mol. The number of fused-ring (bicyclic) bond motifs is 7. The Hall–Kier alpha value is -3.52. The minimum absolute atomic E-state index is 0.0443. The van der Waals surface area contributed by atoms with E-state index >= 15 is 0 Å². The molecule has 3 N–H and O–H groups in total. The standard InChI is InChI=1S/C45H60O8/c1-25(2)29-16-19-42(5)24-36(53-39(49)26-10-13-28(46)14-11-26)45(8)30(37(29)42)23-33(52-40(50)27-12-15-31(47)32(22-27)51-9)38-43(6)20-18-35(48)41(3,4)34(43)17-21-44(38,45)7/h10-15,22,29-30,33-38,46-48H,1,16-21,23-24H2,2-9H3/t29-,30?,33+,34?,35-,36+,37?,38?,42+,43-,44+,45-/m0/s1. The van der Waals surface area contributed by atoms with E-state index in [-0.39, 0.29) is 63.1 Å². The summed E-state index contributed by atoms with van der Waals surface area (Å²) in [6.07, 6.45) is 5.35. The zero-order valence-corrected chi connectivity index (χ0v) is 32.9. The molecule has 5 aliphatic rings. The van der Waals surface area contributed by atoms with E-state index in [9.17, 15) is 24.9 Å². The molecule has 0 aliphatic heterocycles. The molecule has 0 aromatic heterocycles. The molecule has 4 unspecified atom stereocenters. The summed E-state index contributed by atoms with van der Waals surface area (Å²) in [7, 11) is 1.46. The Morgan fingerprint density at radius 2 is 1.51 bits per heavy atom. The molecule has 5 aliphatic carbocycles. The molecule has 0 heterocycles. The lowest BCUT2D eigenvalue weighted by atomic mass is 9.31. The highest BCUT2D eigenvalue weighted by Crippen LogP contribution is 2.78. The van der Waals surface area contributed by atoms with E-state index in [4.69, 9.17) is 14.2 Å². The minimum atomic E-state index is -0.481. The van der Waals surface area contributed by atoms with Crippen LogP contribution < -0.4 is 4.74 Å². The number of aromatic hydroxyl groups is 2. The third-order valence-corrected chi connectivity index (χ3v) is 16.4. The van der Waals surface area contributed by atoms with Crippen LogP contribution in [0.1, 0.15) is 121 Å². The number of hydrogen-bond acceptors (Lipinski definition) is 8. The number of hydrogen-bond donors (Lipinski definition) is 3. The van der Waals surface area contributed by atoms with Gasteiger partial charge in [0.1, 0.15) is 18.0 Å². The van der Waals surface area contributed by atoms with Gasteiger partial charge in [0, 0.05) is 11.3 Å². The van der Waals surface area contributed by atoms with E-state index in [1.54, 1.807) is 24.3 Å². The van der Waals surface area contributed by atoms with Gasteiger partial charge in [-0.3, -0.25) is 0 Å². The minimum Gasteiger partial charge on any atom is -0.508 e. The molecule has 8 heteroatoms. The van der Waals surface area contributed by atoms with Crippen molar-refractivity contribution < 1.29 is 39.1 Å². The van der Waals surface area contributed by atoms with Gasteiger partial charge in [-0.05, 0) is 146 Å². The van der Waals surface area contributed by atoms with Crippen molar-refractivity contribution >= 4 is 11.9 Å². The summed E-state index contributed by atoms with van der Waals surface area (Å²) < 4.78 is 19.0. The maximum Gasteiger partial charge on any atom is 0.338 e. The van der Waals surface area contributed by atoms with Crippen LogP contribution in [0.5, 0.6) is 17.2 Å². The number of benzene rings is 2. The first-order valence-corrected chi connectivity index (χ1v) is 19.7. The summed E-state index contributed by atoms with van der Waals surface area (Å²) in [4.78, 5) is 28.4. The highest BCUT2D eigenvalue weighted by atomic mass is 16.6. The van der Waals surface area contributed by atoms with E-state index in [0.717, 1.165) is 38.5 Å². The monoisotopic (exact) mass is 728 g/mol. The lowest BCUT2D eigenvalue weighted by Gasteiger charge is -2.74. The second-order valence-electron chi connectivity index (χ2n) is 19.1. The summed E-state index contributed by atoms with van der Waals surface area (Å²) in [5.74, 6) is 0.143. The van der Waals surface area contributed by atoms with Gasteiger partial charge in [0.05, 0.1) is 24.3 Å². The number of aliphatic hydroxyl groups is 1. The average Bonchev–Trinajstić information content (AvgIpc) is 3.45. The number of aliphatic hydroxyl groups excluding tert-OH is 1. The van der Waals surface area contributed by atoms with Crippen molar-refractivity contribution in [3.05, 3.63) is 65.7 Å². The van der Waals surface area contributed by atoms with Crippen molar-refractivity contribution in [3.63, 3.8) is 0 Å². The zero-order chi connectivity index (χ0) is 38.5. The second-order valence-corrected chi connectivity index (χ2v) is 19.1.